The molecule has 0 saturated carbocycles. The number of allylic oxidation sites excluding steroid dienone is 6. The molecule has 0 spiro atoms. The molecule has 0 aromatic carbocycles. The Morgan fingerprint density at radius 3 is 0.550 bits per heavy atom. The summed E-state index contributed by atoms with van der Waals surface area (Å²) in [6, 6.07) is 0. The quantitative estimate of drug-likeness (QED) is 0.145. The third-order valence-corrected chi connectivity index (χ3v) is 2.51. The summed E-state index contributed by atoms with van der Waals surface area (Å²) in [5.41, 5.74) is 0. The van der Waals surface area contributed by atoms with Gasteiger partial charge in [-0.2, -0.15) is 79.0 Å². The fourth-order valence-corrected chi connectivity index (χ4v) is 0.864. The fraction of sp³-hybridized carbons (Fsp3) is 0.400. The van der Waals surface area contributed by atoms with E-state index in [1.165, 1.54) is 0 Å². The summed E-state index contributed by atoms with van der Waals surface area (Å²) in [5.74, 6) is -16.0. The van der Waals surface area contributed by atoms with Crippen molar-refractivity contribution >= 4 is 37.1 Å². The maximum atomic E-state index is 11.4. The van der Waals surface area contributed by atoms with Crippen LogP contribution in [0.2, 0.25) is 0 Å². The van der Waals surface area contributed by atoms with Gasteiger partial charge in [0.1, 0.15) is 0 Å². The summed E-state index contributed by atoms with van der Waals surface area (Å²) in [7, 11) is 0. The maximum absolute atomic E-state index is 11.4. The molecule has 0 bridgehead atoms. The minimum atomic E-state index is -5.42. The van der Waals surface area contributed by atoms with E-state index in [0.717, 1.165) is 0 Å². The Hall–Kier alpha value is -2.99. The number of hydrogen-bond acceptors (Lipinski definition) is 6. The third-order valence-electron chi connectivity index (χ3n) is 2.51. The molecule has 25 heteroatoms. The molecule has 3 radical (unpaired) electrons. The zero-order chi connectivity index (χ0) is 32.6. The Balaban J connectivity index is -0.000000240. The van der Waals surface area contributed by atoms with Gasteiger partial charge < -0.3 is 15.3 Å². The van der Waals surface area contributed by atoms with Crippen LogP contribution in [0.15, 0.2) is 35.5 Å². The minimum Gasteiger partial charge on any atom is -0.504 e. The second-order valence-electron chi connectivity index (χ2n) is 5.67. The predicted octanol–water partition coefficient (Wildman–Crippen LogP) is 5.99. The van der Waals surface area contributed by atoms with Crippen LogP contribution < -0.4 is 0 Å². The predicted molar refractivity (Wildman–Crippen MR) is 89.2 cm³/mol. The first-order valence-corrected chi connectivity index (χ1v) is 7.92. The molecule has 0 aliphatic rings. The second kappa shape index (κ2) is 15.1. The zero-order valence-corrected chi connectivity index (χ0v) is 20.1. The molecule has 0 unspecified atom stereocenters. The molecule has 40 heavy (non-hydrogen) atoms. The van der Waals surface area contributed by atoms with E-state index < -0.39 is 89.9 Å². The second-order valence-corrected chi connectivity index (χ2v) is 5.67. The van der Waals surface area contributed by atoms with E-state index in [9.17, 15) is 93.4 Å². The molecule has 6 nitrogen and oxygen atoms in total. The Morgan fingerprint density at radius 1 is 0.350 bits per heavy atom. The summed E-state index contributed by atoms with van der Waals surface area (Å²) >= 11 is 0. The topological polar surface area (TPSA) is 112 Å². The molecular weight excluding hydrogens is 688 g/mol. The normalized spacial score (nSPS) is 14.1. The van der Waals surface area contributed by atoms with Crippen LogP contribution in [0.1, 0.15) is 0 Å². The molecule has 0 fully saturated rings. The smallest absolute Gasteiger partial charge is 0.454 e. The van der Waals surface area contributed by atoms with E-state index >= 15 is 0 Å². The van der Waals surface area contributed by atoms with Crippen LogP contribution in [0, 0.1) is 0 Å². The number of ketones is 3. The average Bonchev–Trinajstić information content (AvgIpc) is 2.64. The number of halogens is 18. The van der Waals surface area contributed by atoms with Crippen molar-refractivity contribution in [1.29, 1.82) is 0 Å². The van der Waals surface area contributed by atoms with Gasteiger partial charge in [-0.3, -0.25) is 14.4 Å². The molecule has 0 aliphatic carbocycles. The van der Waals surface area contributed by atoms with Crippen LogP contribution in [-0.4, -0.2) is 89.5 Å². The van der Waals surface area contributed by atoms with E-state index in [0.29, 0.717) is 0 Å². The monoisotopic (exact) mass is 693 g/mol. The third kappa shape index (κ3) is 20.0. The van der Waals surface area contributed by atoms with Crippen molar-refractivity contribution in [3.63, 3.8) is 0 Å². The number of aliphatic hydroxyl groups is 3. The Labute approximate surface area is 219 Å². The van der Waals surface area contributed by atoms with Gasteiger partial charge in [-0.05, 0) is 0 Å². The molecule has 0 saturated heterocycles. The molecule has 0 heterocycles. The molecule has 0 aromatic rings. The van der Waals surface area contributed by atoms with Crippen molar-refractivity contribution in [2.75, 3.05) is 0 Å². The number of rotatable bonds is 3. The van der Waals surface area contributed by atoms with Crippen LogP contribution in [0.25, 0.3) is 0 Å². The molecular formula is C15H6F18GaO6. The first-order chi connectivity index (χ1) is 16.6. The molecule has 0 aromatic heterocycles. The number of hydrogen-bond donors (Lipinski definition) is 3. The molecule has 0 atom stereocenters. The largest absolute Gasteiger partial charge is 0.504 e. The number of alkyl halides is 18. The van der Waals surface area contributed by atoms with Gasteiger partial charge in [0.05, 0.1) is 0 Å². The Morgan fingerprint density at radius 2 is 0.475 bits per heavy atom. The first-order valence-electron chi connectivity index (χ1n) is 7.92. The van der Waals surface area contributed by atoms with Crippen molar-refractivity contribution in [2.45, 2.75) is 37.1 Å². The van der Waals surface area contributed by atoms with Crippen LogP contribution in [0.5, 0.6) is 0 Å². The molecule has 231 valence electrons. The van der Waals surface area contributed by atoms with E-state index in [1.807, 2.05) is 0 Å². The fourth-order valence-electron chi connectivity index (χ4n) is 0.864. The summed E-state index contributed by atoms with van der Waals surface area (Å²) in [6.45, 7) is 0. The van der Waals surface area contributed by atoms with Crippen LogP contribution in [0.3, 0.4) is 0 Å². The van der Waals surface area contributed by atoms with Gasteiger partial charge in [0.2, 0.25) is 17.3 Å². The van der Waals surface area contributed by atoms with E-state index in [1.54, 1.807) is 0 Å². The van der Waals surface area contributed by atoms with Crippen LogP contribution in [-0.2, 0) is 14.4 Å². The average molecular weight is 694 g/mol. The van der Waals surface area contributed by atoms with Gasteiger partial charge in [-0.15, -0.1) is 0 Å². The van der Waals surface area contributed by atoms with Crippen LogP contribution in [0.4, 0.5) is 79.0 Å². The minimum absolute atomic E-state index is 0. The van der Waals surface area contributed by atoms with Gasteiger partial charge in [0, 0.05) is 38.0 Å². The van der Waals surface area contributed by atoms with Gasteiger partial charge in [0.15, 0.2) is 0 Å². The molecule has 0 aliphatic heterocycles. The van der Waals surface area contributed by atoms with Crippen molar-refractivity contribution in [2.24, 2.45) is 0 Å². The summed E-state index contributed by atoms with van der Waals surface area (Å²) < 4.78 is 204. The first kappa shape index (κ1) is 44.0. The number of carbonyl (C=O) groups excluding carboxylic acids is 3. The summed E-state index contributed by atoms with van der Waals surface area (Å²) in [6.07, 6.45) is -35.0. The standard InChI is InChI=1S/3C5H2F6O2.Ga/c3*6-4(7,8)2(12)1-3(13)5(9,10)11;/h3*1,12H;/b3*2-1-;. The molecule has 0 amide bonds. The summed E-state index contributed by atoms with van der Waals surface area (Å²) in [5, 5.41) is 23.8. The van der Waals surface area contributed by atoms with Crippen molar-refractivity contribution in [3.8, 4) is 0 Å². The number of carbonyl (C=O) groups is 3. The maximum Gasteiger partial charge on any atom is 0.454 e. The van der Waals surface area contributed by atoms with Crippen molar-refractivity contribution in [1.82, 2.24) is 0 Å². The zero-order valence-electron chi connectivity index (χ0n) is 17.7. The SMILES string of the molecule is O=C(/C=C(\O)C(F)(F)F)C(F)(F)F.O=C(/C=C(\O)C(F)(F)F)C(F)(F)F.O=C(/C=C(\O)C(F)(F)F)C(F)(F)F.[Ga]. The molecule has 0 rings (SSSR count). The van der Waals surface area contributed by atoms with Gasteiger partial charge in [0.25, 0.3) is 17.3 Å². The van der Waals surface area contributed by atoms with Gasteiger partial charge in [-0.25, -0.2) is 0 Å². The van der Waals surface area contributed by atoms with Crippen molar-refractivity contribution in [3.05, 3.63) is 35.5 Å². The summed E-state index contributed by atoms with van der Waals surface area (Å²) in [4.78, 5) is 29.6. The van der Waals surface area contributed by atoms with E-state index in [2.05, 4.69) is 0 Å². The van der Waals surface area contributed by atoms with Crippen LogP contribution >= 0.6 is 0 Å². The van der Waals surface area contributed by atoms with Crippen molar-refractivity contribution < 1.29 is 109 Å². The van der Waals surface area contributed by atoms with E-state index in [4.69, 9.17) is 15.3 Å². The number of aliphatic hydroxyl groups excluding tert-OH is 3. The van der Waals surface area contributed by atoms with Gasteiger partial charge >= 0.3 is 37.1 Å². The Kier molecular flexibility index (Phi) is 16.7. The Bertz CT molecular complexity index is 834. The van der Waals surface area contributed by atoms with Gasteiger partial charge in [-0.1, -0.05) is 0 Å². The molecule has 3 N–H and O–H groups in total. The van der Waals surface area contributed by atoms with E-state index in [-0.39, 0.29) is 19.8 Å².